The lowest BCUT2D eigenvalue weighted by Gasteiger charge is -2.21. The summed E-state index contributed by atoms with van der Waals surface area (Å²) in [6, 6.07) is 0. The number of carboxylic acid groups (broad SMARTS) is 1. The number of ether oxygens (including phenoxy) is 1. The number of aromatic nitrogens is 1. The molecule has 0 aliphatic carbocycles. The molecule has 1 heterocycles. The Morgan fingerprint density at radius 1 is 1.60 bits per heavy atom. The fourth-order valence-corrected chi connectivity index (χ4v) is 1.29. The topological polar surface area (TPSA) is 72.6 Å². The number of rotatable bonds is 4. The van der Waals surface area contributed by atoms with Gasteiger partial charge in [-0.2, -0.15) is 0 Å². The third-order valence-corrected chi connectivity index (χ3v) is 2.29. The van der Waals surface area contributed by atoms with Crippen molar-refractivity contribution in [2.45, 2.75) is 32.8 Å². The fourth-order valence-electron chi connectivity index (χ4n) is 1.29. The van der Waals surface area contributed by atoms with Gasteiger partial charge in [-0.3, -0.25) is 0 Å². The number of nitrogens with zero attached hydrogens (tertiary/aromatic N) is 1. The molecular weight excluding hydrogens is 198 g/mol. The van der Waals surface area contributed by atoms with Gasteiger partial charge in [-0.05, 0) is 20.8 Å². The summed E-state index contributed by atoms with van der Waals surface area (Å²) in [7, 11) is 1.58. The fraction of sp³-hybridized carbons (Fsp3) is 0.600. The SMILES string of the molecule is COC(C)(C)Cc1noc(C)c1C(=O)O. The van der Waals surface area contributed by atoms with E-state index in [-0.39, 0.29) is 5.56 Å². The zero-order chi connectivity index (χ0) is 11.6. The van der Waals surface area contributed by atoms with Crippen molar-refractivity contribution in [3.8, 4) is 0 Å². The van der Waals surface area contributed by atoms with Gasteiger partial charge in [0.15, 0.2) is 0 Å². The number of hydrogen-bond donors (Lipinski definition) is 1. The molecule has 0 saturated carbocycles. The maximum atomic E-state index is 10.9. The minimum Gasteiger partial charge on any atom is -0.477 e. The van der Waals surface area contributed by atoms with Gasteiger partial charge >= 0.3 is 5.97 Å². The average molecular weight is 213 g/mol. The number of carboxylic acids is 1. The molecule has 0 saturated heterocycles. The van der Waals surface area contributed by atoms with Crippen LogP contribution >= 0.6 is 0 Å². The van der Waals surface area contributed by atoms with Crippen LogP contribution in [0.3, 0.4) is 0 Å². The highest BCUT2D eigenvalue weighted by molar-refractivity contribution is 5.89. The Balaban J connectivity index is 3.01. The minimum absolute atomic E-state index is 0.139. The summed E-state index contributed by atoms with van der Waals surface area (Å²) in [5, 5.41) is 12.7. The maximum absolute atomic E-state index is 10.9. The number of aromatic carboxylic acids is 1. The van der Waals surface area contributed by atoms with E-state index in [1.807, 2.05) is 13.8 Å². The first kappa shape index (κ1) is 11.7. The second kappa shape index (κ2) is 4.02. The molecule has 0 aliphatic heterocycles. The second-order valence-electron chi connectivity index (χ2n) is 4.01. The van der Waals surface area contributed by atoms with E-state index in [2.05, 4.69) is 5.16 Å². The number of carbonyl (C=O) groups is 1. The van der Waals surface area contributed by atoms with Crippen molar-refractivity contribution in [2.24, 2.45) is 0 Å². The first-order valence-electron chi connectivity index (χ1n) is 4.61. The molecule has 0 radical (unpaired) electrons. The van der Waals surface area contributed by atoms with Crippen molar-refractivity contribution < 1.29 is 19.2 Å². The van der Waals surface area contributed by atoms with Gasteiger partial charge in [-0.25, -0.2) is 4.79 Å². The molecule has 0 atom stereocenters. The largest absolute Gasteiger partial charge is 0.477 e. The molecular formula is C10H15NO4. The minimum atomic E-state index is -1.02. The third-order valence-electron chi connectivity index (χ3n) is 2.29. The normalized spacial score (nSPS) is 11.7. The summed E-state index contributed by atoms with van der Waals surface area (Å²) in [5.41, 5.74) is 0.111. The summed E-state index contributed by atoms with van der Waals surface area (Å²) in [4.78, 5) is 10.9. The summed E-state index contributed by atoms with van der Waals surface area (Å²) in [5.74, 6) is -0.694. The van der Waals surface area contributed by atoms with Gasteiger partial charge in [0.25, 0.3) is 0 Å². The van der Waals surface area contributed by atoms with Crippen LogP contribution in [0.25, 0.3) is 0 Å². The number of aryl methyl sites for hydroxylation is 1. The molecule has 0 aromatic carbocycles. The summed E-state index contributed by atoms with van der Waals surface area (Å²) in [6.07, 6.45) is 0.405. The van der Waals surface area contributed by atoms with Crippen LogP contribution in [0.15, 0.2) is 4.52 Å². The molecule has 1 aromatic rings. The van der Waals surface area contributed by atoms with Crippen LogP contribution in [0.4, 0.5) is 0 Å². The Morgan fingerprint density at radius 3 is 2.67 bits per heavy atom. The second-order valence-corrected chi connectivity index (χ2v) is 4.01. The summed E-state index contributed by atoms with van der Waals surface area (Å²) >= 11 is 0. The zero-order valence-corrected chi connectivity index (χ0v) is 9.33. The first-order valence-corrected chi connectivity index (χ1v) is 4.61. The third kappa shape index (κ3) is 2.56. The Bertz CT molecular complexity index is 367. The van der Waals surface area contributed by atoms with Gasteiger partial charge < -0.3 is 14.4 Å². The molecule has 0 spiro atoms. The lowest BCUT2D eigenvalue weighted by molar-refractivity contribution is 0.0216. The van der Waals surface area contributed by atoms with E-state index in [0.717, 1.165) is 0 Å². The highest BCUT2D eigenvalue weighted by Crippen LogP contribution is 2.20. The van der Waals surface area contributed by atoms with E-state index in [0.29, 0.717) is 17.9 Å². The van der Waals surface area contributed by atoms with Crippen molar-refractivity contribution in [2.75, 3.05) is 7.11 Å². The van der Waals surface area contributed by atoms with Crippen LogP contribution in [0, 0.1) is 6.92 Å². The van der Waals surface area contributed by atoms with Crippen LogP contribution < -0.4 is 0 Å². The average Bonchev–Trinajstić information content (AvgIpc) is 2.46. The highest BCUT2D eigenvalue weighted by Gasteiger charge is 2.26. The number of methoxy groups -OCH3 is 1. The van der Waals surface area contributed by atoms with Crippen LogP contribution in [-0.2, 0) is 11.2 Å². The standard InChI is InChI=1S/C10H15NO4/c1-6-8(9(12)13)7(11-15-6)5-10(2,3)14-4/h5H2,1-4H3,(H,12,13). The van der Waals surface area contributed by atoms with Crippen molar-refractivity contribution in [1.82, 2.24) is 5.16 Å². The quantitative estimate of drug-likeness (QED) is 0.823. The molecule has 5 heteroatoms. The maximum Gasteiger partial charge on any atom is 0.341 e. The summed E-state index contributed by atoms with van der Waals surface area (Å²) < 4.78 is 10.1. The van der Waals surface area contributed by atoms with E-state index < -0.39 is 11.6 Å². The van der Waals surface area contributed by atoms with Crippen molar-refractivity contribution in [1.29, 1.82) is 0 Å². The number of hydrogen-bond acceptors (Lipinski definition) is 4. The predicted molar refractivity (Wildman–Crippen MR) is 53.0 cm³/mol. The van der Waals surface area contributed by atoms with Crippen molar-refractivity contribution in [3.05, 3.63) is 17.0 Å². The molecule has 0 unspecified atom stereocenters. The van der Waals surface area contributed by atoms with Gasteiger partial charge in [0.05, 0.1) is 5.60 Å². The Labute approximate surface area is 88.0 Å². The van der Waals surface area contributed by atoms with Crippen LogP contribution in [0.5, 0.6) is 0 Å². The van der Waals surface area contributed by atoms with Gasteiger partial charge in [0.2, 0.25) is 0 Å². The lowest BCUT2D eigenvalue weighted by atomic mass is 9.99. The summed E-state index contributed by atoms with van der Waals surface area (Å²) in [6.45, 7) is 5.31. The smallest absolute Gasteiger partial charge is 0.341 e. The molecule has 0 bridgehead atoms. The first-order chi connectivity index (χ1) is 6.87. The van der Waals surface area contributed by atoms with Crippen LogP contribution in [-0.4, -0.2) is 28.9 Å². The van der Waals surface area contributed by atoms with E-state index in [1.54, 1.807) is 14.0 Å². The Hall–Kier alpha value is -1.36. The molecule has 1 aromatic heterocycles. The van der Waals surface area contributed by atoms with E-state index in [4.69, 9.17) is 14.4 Å². The Morgan fingerprint density at radius 2 is 2.20 bits per heavy atom. The van der Waals surface area contributed by atoms with Crippen molar-refractivity contribution >= 4 is 5.97 Å². The molecule has 0 aliphatic rings. The molecule has 1 N–H and O–H groups in total. The van der Waals surface area contributed by atoms with E-state index in [9.17, 15) is 4.79 Å². The molecule has 5 nitrogen and oxygen atoms in total. The monoisotopic (exact) mass is 213 g/mol. The molecule has 84 valence electrons. The van der Waals surface area contributed by atoms with Crippen LogP contribution in [0.1, 0.15) is 35.7 Å². The Kier molecular flexibility index (Phi) is 3.14. The van der Waals surface area contributed by atoms with Gasteiger partial charge in [0.1, 0.15) is 17.0 Å². The predicted octanol–water partition coefficient (Wildman–Crippen LogP) is 1.65. The van der Waals surface area contributed by atoms with Gasteiger partial charge in [-0.1, -0.05) is 5.16 Å². The molecule has 15 heavy (non-hydrogen) atoms. The van der Waals surface area contributed by atoms with Gasteiger partial charge in [0, 0.05) is 13.5 Å². The van der Waals surface area contributed by atoms with Crippen molar-refractivity contribution in [3.63, 3.8) is 0 Å². The van der Waals surface area contributed by atoms with Crippen LogP contribution in [0.2, 0.25) is 0 Å². The van der Waals surface area contributed by atoms with E-state index in [1.165, 1.54) is 0 Å². The molecule has 1 rings (SSSR count). The lowest BCUT2D eigenvalue weighted by Crippen LogP contribution is -2.26. The molecule has 0 fully saturated rings. The molecule has 0 amide bonds. The van der Waals surface area contributed by atoms with Gasteiger partial charge in [-0.15, -0.1) is 0 Å². The highest BCUT2D eigenvalue weighted by atomic mass is 16.5. The zero-order valence-electron chi connectivity index (χ0n) is 9.33. The van der Waals surface area contributed by atoms with E-state index >= 15 is 0 Å².